The molecular formula is C19H32N2. The van der Waals surface area contributed by atoms with Gasteiger partial charge in [-0.2, -0.15) is 0 Å². The summed E-state index contributed by atoms with van der Waals surface area (Å²) >= 11 is 0. The highest BCUT2D eigenvalue weighted by Crippen LogP contribution is 2.27. The summed E-state index contributed by atoms with van der Waals surface area (Å²) in [5.41, 5.74) is 4.76. The van der Waals surface area contributed by atoms with Gasteiger partial charge in [0, 0.05) is 32.4 Å². The molecule has 0 atom stereocenters. The van der Waals surface area contributed by atoms with E-state index in [1.165, 1.54) is 48.9 Å². The lowest BCUT2D eigenvalue weighted by molar-refractivity contribution is 0.302. The van der Waals surface area contributed by atoms with Crippen molar-refractivity contribution in [2.45, 2.75) is 59.4 Å². The lowest BCUT2D eigenvalue weighted by Crippen LogP contribution is -2.29. The van der Waals surface area contributed by atoms with Gasteiger partial charge in [-0.3, -0.25) is 0 Å². The molecule has 118 valence electrons. The maximum atomic E-state index is 3.66. The molecule has 0 aromatic heterocycles. The largest absolute Gasteiger partial charge is 0.374 e. The van der Waals surface area contributed by atoms with Gasteiger partial charge >= 0.3 is 0 Å². The summed E-state index contributed by atoms with van der Waals surface area (Å²) in [6.07, 6.45) is 6.55. The number of anilines is 1. The third-order valence-corrected chi connectivity index (χ3v) is 4.66. The second-order valence-corrected chi connectivity index (χ2v) is 7.36. The van der Waals surface area contributed by atoms with Gasteiger partial charge in [0.05, 0.1) is 0 Å². The lowest BCUT2D eigenvalue weighted by atomic mass is 9.87. The zero-order valence-electron chi connectivity index (χ0n) is 14.3. The fraction of sp³-hybridized carbons (Fsp3) is 0.684. The molecule has 0 unspecified atom stereocenters. The van der Waals surface area contributed by atoms with Gasteiger partial charge in [-0.25, -0.2) is 0 Å². The first-order chi connectivity index (χ1) is 10.0. The topological polar surface area (TPSA) is 15.3 Å². The molecular weight excluding hydrogens is 256 g/mol. The molecule has 1 aliphatic rings. The maximum Gasteiger partial charge on any atom is 0.0397 e. The Kier molecular flexibility index (Phi) is 5.69. The zero-order valence-corrected chi connectivity index (χ0v) is 14.3. The Morgan fingerprint density at radius 2 is 2.05 bits per heavy atom. The Morgan fingerprint density at radius 1 is 1.24 bits per heavy atom. The first-order valence-electron chi connectivity index (χ1n) is 8.55. The van der Waals surface area contributed by atoms with E-state index in [-0.39, 0.29) is 0 Å². The molecule has 0 bridgehead atoms. The first kappa shape index (κ1) is 16.4. The second kappa shape index (κ2) is 7.31. The van der Waals surface area contributed by atoms with Crippen molar-refractivity contribution < 1.29 is 0 Å². The average molecular weight is 288 g/mol. The van der Waals surface area contributed by atoms with E-state index in [0.717, 1.165) is 19.6 Å². The minimum absolute atomic E-state index is 0.409. The summed E-state index contributed by atoms with van der Waals surface area (Å²) < 4.78 is 0. The Balaban J connectivity index is 1.78. The van der Waals surface area contributed by atoms with Crippen LogP contribution in [0.3, 0.4) is 0 Å². The van der Waals surface area contributed by atoms with Gasteiger partial charge in [-0.05, 0) is 35.4 Å². The number of benzene rings is 1. The first-order valence-corrected chi connectivity index (χ1v) is 8.55. The Labute approximate surface area is 130 Å². The van der Waals surface area contributed by atoms with Crippen LogP contribution < -0.4 is 10.2 Å². The summed E-state index contributed by atoms with van der Waals surface area (Å²) in [6.45, 7) is 10.3. The van der Waals surface area contributed by atoms with E-state index in [0.29, 0.717) is 5.41 Å². The van der Waals surface area contributed by atoms with E-state index < -0.39 is 0 Å². The number of hydrogen-bond acceptors (Lipinski definition) is 2. The summed E-state index contributed by atoms with van der Waals surface area (Å²) in [5, 5.41) is 3.66. The van der Waals surface area contributed by atoms with Crippen LogP contribution >= 0.6 is 0 Å². The molecule has 21 heavy (non-hydrogen) atoms. The SMILES string of the molecule is CCCCCC(C)(C)CNCc1ccc2c(c1)CCN2C. The Morgan fingerprint density at radius 3 is 2.81 bits per heavy atom. The standard InChI is InChI=1S/C19H32N2/c1-5-6-7-11-19(2,3)15-20-14-16-8-9-18-17(13-16)10-12-21(18)4/h8-9,13,20H,5-7,10-12,14-15H2,1-4H3. The molecule has 1 heterocycles. The van der Waals surface area contributed by atoms with Gasteiger partial charge in [0.15, 0.2) is 0 Å². The van der Waals surface area contributed by atoms with Crippen molar-refractivity contribution in [1.82, 2.24) is 5.32 Å². The van der Waals surface area contributed by atoms with Crippen molar-refractivity contribution in [2.24, 2.45) is 5.41 Å². The molecule has 2 nitrogen and oxygen atoms in total. The zero-order chi connectivity index (χ0) is 15.3. The van der Waals surface area contributed by atoms with Gasteiger partial charge in [-0.1, -0.05) is 52.2 Å². The van der Waals surface area contributed by atoms with Crippen LogP contribution in [-0.4, -0.2) is 20.1 Å². The molecule has 2 rings (SSSR count). The van der Waals surface area contributed by atoms with E-state index in [4.69, 9.17) is 0 Å². The fourth-order valence-electron chi connectivity index (χ4n) is 3.22. The number of nitrogens with one attached hydrogen (secondary N) is 1. The van der Waals surface area contributed by atoms with Crippen molar-refractivity contribution in [2.75, 3.05) is 25.0 Å². The number of fused-ring (bicyclic) bond motifs is 1. The third kappa shape index (κ3) is 4.74. The predicted molar refractivity (Wildman–Crippen MR) is 93.0 cm³/mol. The van der Waals surface area contributed by atoms with Gasteiger partial charge in [0.25, 0.3) is 0 Å². The monoisotopic (exact) mass is 288 g/mol. The van der Waals surface area contributed by atoms with Crippen molar-refractivity contribution >= 4 is 5.69 Å². The molecule has 0 saturated heterocycles. The molecule has 0 spiro atoms. The predicted octanol–water partition coefficient (Wildman–Crippen LogP) is 4.38. The summed E-state index contributed by atoms with van der Waals surface area (Å²) in [5.74, 6) is 0. The van der Waals surface area contributed by atoms with Crippen molar-refractivity contribution in [3.63, 3.8) is 0 Å². The van der Waals surface area contributed by atoms with Gasteiger partial charge in [-0.15, -0.1) is 0 Å². The van der Waals surface area contributed by atoms with Crippen LogP contribution in [0.4, 0.5) is 5.69 Å². The van der Waals surface area contributed by atoms with Crippen LogP contribution in [0.15, 0.2) is 18.2 Å². The quantitative estimate of drug-likeness (QED) is 0.714. The summed E-state index contributed by atoms with van der Waals surface area (Å²) in [6, 6.07) is 6.94. The van der Waals surface area contributed by atoms with Crippen molar-refractivity contribution in [3.8, 4) is 0 Å². The third-order valence-electron chi connectivity index (χ3n) is 4.66. The molecule has 1 aromatic carbocycles. The van der Waals surface area contributed by atoms with Crippen LogP contribution in [0.1, 0.15) is 57.6 Å². The lowest BCUT2D eigenvalue weighted by Gasteiger charge is -2.25. The highest BCUT2D eigenvalue weighted by molar-refractivity contribution is 5.58. The number of nitrogens with zero attached hydrogens (tertiary/aromatic N) is 1. The fourth-order valence-corrected chi connectivity index (χ4v) is 3.22. The molecule has 2 heteroatoms. The molecule has 0 fully saturated rings. The molecule has 0 aliphatic carbocycles. The highest BCUT2D eigenvalue weighted by Gasteiger charge is 2.18. The van der Waals surface area contributed by atoms with Crippen LogP contribution in [0.2, 0.25) is 0 Å². The summed E-state index contributed by atoms with van der Waals surface area (Å²) in [4.78, 5) is 2.35. The van der Waals surface area contributed by atoms with Gasteiger partial charge < -0.3 is 10.2 Å². The van der Waals surface area contributed by atoms with E-state index in [9.17, 15) is 0 Å². The second-order valence-electron chi connectivity index (χ2n) is 7.36. The minimum atomic E-state index is 0.409. The van der Waals surface area contributed by atoms with E-state index in [1.807, 2.05) is 0 Å². The Bertz CT molecular complexity index is 451. The van der Waals surface area contributed by atoms with Crippen LogP contribution in [0, 0.1) is 5.41 Å². The van der Waals surface area contributed by atoms with E-state index in [1.54, 1.807) is 0 Å². The number of hydrogen-bond donors (Lipinski definition) is 1. The smallest absolute Gasteiger partial charge is 0.0397 e. The molecule has 1 N–H and O–H groups in total. The molecule has 1 aliphatic heterocycles. The van der Waals surface area contributed by atoms with E-state index >= 15 is 0 Å². The maximum absolute atomic E-state index is 3.66. The Hall–Kier alpha value is -1.02. The number of unbranched alkanes of at least 4 members (excludes halogenated alkanes) is 2. The summed E-state index contributed by atoms with van der Waals surface area (Å²) in [7, 11) is 2.18. The highest BCUT2D eigenvalue weighted by atomic mass is 15.1. The molecule has 0 amide bonds. The van der Waals surface area contributed by atoms with Crippen LogP contribution in [-0.2, 0) is 13.0 Å². The van der Waals surface area contributed by atoms with Crippen molar-refractivity contribution in [3.05, 3.63) is 29.3 Å². The number of likely N-dealkylation sites (N-methyl/N-ethyl adjacent to an activating group) is 1. The van der Waals surface area contributed by atoms with E-state index in [2.05, 4.69) is 56.2 Å². The van der Waals surface area contributed by atoms with Crippen LogP contribution in [0.25, 0.3) is 0 Å². The molecule has 0 radical (unpaired) electrons. The molecule has 1 aromatic rings. The minimum Gasteiger partial charge on any atom is -0.374 e. The van der Waals surface area contributed by atoms with Crippen molar-refractivity contribution in [1.29, 1.82) is 0 Å². The number of rotatable bonds is 8. The molecule has 0 saturated carbocycles. The van der Waals surface area contributed by atoms with Gasteiger partial charge in [0.2, 0.25) is 0 Å². The van der Waals surface area contributed by atoms with Gasteiger partial charge in [0.1, 0.15) is 0 Å². The average Bonchev–Trinajstić information content (AvgIpc) is 2.80. The van der Waals surface area contributed by atoms with Crippen LogP contribution in [0.5, 0.6) is 0 Å². The normalized spacial score (nSPS) is 14.6.